The molecule has 0 radical (unpaired) electrons. The Morgan fingerprint density at radius 1 is 1.04 bits per heavy atom. The average molecular weight is 335 g/mol. The molecule has 2 nitrogen and oxygen atoms in total. The topological polar surface area (TPSA) is 15.6 Å². The van der Waals surface area contributed by atoms with Crippen molar-refractivity contribution in [3.63, 3.8) is 0 Å². The zero-order chi connectivity index (χ0) is 18.3. The lowest BCUT2D eigenvalue weighted by atomic mass is 9.86. The third-order valence-corrected chi connectivity index (χ3v) is 4.19. The second kappa shape index (κ2) is 8.66. The Morgan fingerprint density at radius 3 is 2.24 bits per heavy atom. The summed E-state index contributed by atoms with van der Waals surface area (Å²) < 4.78 is 0. The van der Waals surface area contributed by atoms with Crippen LogP contribution >= 0.6 is 0 Å². The Labute approximate surface area is 152 Å². The van der Waals surface area contributed by atoms with E-state index in [4.69, 9.17) is 0 Å². The van der Waals surface area contributed by atoms with Crippen molar-refractivity contribution in [3.05, 3.63) is 78.4 Å². The molecule has 0 bridgehead atoms. The van der Waals surface area contributed by atoms with Crippen LogP contribution in [0, 0.1) is 5.92 Å². The van der Waals surface area contributed by atoms with Gasteiger partial charge < -0.3 is 0 Å². The molecular weight excluding hydrogens is 304 g/mol. The van der Waals surface area contributed by atoms with E-state index in [-0.39, 0.29) is 5.41 Å². The van der Waals surface area contributed by atoms with Gasteiger partial charge in [0.05, 0.1) is 12.2 Å². The molecule has 0 aliphatic heterocycles. The normalized spacial score (nSPS) is 13.0. The second-order valence-corrected chi connectivity index (χ2v) is 7.60. The largest absolute Gasteiger partial charge is 0.262 e. The minimum absolute atomic E-state index is 0.201. The van der Waals surface area contributed by atoms with Crippen molar-refractivity contribution in [3.8, 4) is 0 Å². The van der Waals surface area contributed by atoms with Gasteiger partial charge in [0.25, 0.3) is 0 Å². The Morgan fingerprint density at radius 2 is 1.68 bits per heavy atom. The van der Waals surface area contributed by atoms with E-state index in [1.807, 2.05) is 35.5 Å². The fourth-order valence-electron chi connectivity index (χ4n) is 2.70. The SMILES string of the molecule is C=CCN(/N=C/C(C)Cc1ccc(C(C)(C)C)cc1)c1ccccc1. The summed E-state index contributed by atoms with van der Waals surface area (Å²) in [5.41, 5.74) is 4.01. The van der Waals surface area contributed by atoms with Crippen LogP contribution in [0.2, 0.25) is 0 Å². The summed E-state index contributed by atoms with van der Waals surface area (Å²) >= 11 is 0. The molecule has 0 N–H and O–H groups in total. The van der Waals surface area contributed by atoms with Crippen LogP contribution in [-0.4, -0.2) is 12.8 Å². The molecule has 0 aliphatic rings. The quantitative estimate of drug-likeness (QED) is 0.353. The maximum Gasteiger partial charge on any atom is 0.0597 e. The first-order chi connectivity index (χ1) is 11.9. The molecule has 25 heavy (non-hydrogen) atoms. The summed E-state index contributed by atoms with van der Waals surface area (Å²) in [6, 6.07) is 19.2. The first-order valence-electron chi connectivity index (χ1n) is 8.97. The molecule has 132 valence electrons. The molecule has 1 atom stereocenters. The average Bonchev–Trinajstić information content (AvgIpc) is 2.59. The van der Waals surface area contributed by atoms with Gasteiger partial charge in [-0.1, -0.05) is 76.2 Å². The molecule has 0 fully saturated rings. The second-order valence-electron chi connectivity index (χ2n) is 7.60. The van der Waals surface area contributed by atoms with E-state index in [2.05, 4.69) is 75.8 Å². The van der Waals surface area contributed by atoms with Gasteiger partial charge in [0, 0.05) is 6.21 Å². The van der Waals surface area contributed by atoms with Crippen LogP contribution in [0.25, 0.3) is 0 Å². The lowest BCUT2D eigenvalue weighted by Gasteiger charge is -2.20. The number of nitrogens with zero attached hydrogens (tertiary/aromatic N) is 2. The third-order valence-electron chi connectivity index (χ3n) is 4.19. The Kier molecular flexibility index (Phi) is 6.58. The van der Waals surface area contributed by atoms with Gasteiger partial charge in [0.15, 0.2) is 0 Å². The smallest absolute Gasteiger partial charge is 0.0597 e. The van der Waals surface area contributed by atoms with Gasteiger partial charge in [-0.05, 0) is 41.0 Å². The van der Waals surface area contributed by atoms with Crippen LogP contribution in [0.15, 0.2) is 72.4 Å². The summed E-state index contributed by atoms with van der Waals surface area (Å²) in [4.78, 5) is 0. The van der Waals surface area contributed by atoms with Gasteiger partial charge in [0.1, 0.15) is 0 Å². The van der Waals surface area contributed by atoms with E-state index in [1.165, 1.54) is 11.1 Å². The monoisotopic (exact) mass is 334 g/mol. The highest BCUT2D eigenvalue weighted by atomic mass is 15.4. The number of hydrazone groups is 1. The Hall–Kier alpha value is -2.35. The molecule has 1 unspecified atom stereocenters. The van der Waals surface area contributed by atoms with E-state index in [9.17, 15) is 0 Å². The molecule has 0 aromatic heterocycles. The highest BCUT2D eigenvalue weighted by molar-refractivity contribution is 5.63. The summed E-state index contributed by atoms with van der Waals surface area (Å²) in [6.07, 6.45) is 4.90. The van der Waals surface area contributed by atoms with Gasteiger partial charge in [-0.2, -0.15) is 5.10 Å². The Balaban J connectivity index is 2.01. The maximum atomic E-state index is 4.67. The van der Waals surface area contributed by atoms with Crippen LogP contribution in [0.5, 0.6) is 0 Å². The molecule has 0 amide bonds. The maximum absolute atomic E-state index is 4.67. The number of hydrogen-bond donors (Lipinski definition) is 0. The van der Waals surface area contributed by atoms with Crippen molar-refractivity contribution in [2.75, 3.05) is 11.6 Å². The molecule has 0 heterocycles. The van der Waals surface area contributed by atoms with Crippen LogP contribution in [-0.2, 0) is 11.8 Å². The van der Waals surface area contributed by atoms with E-state index < -0.39 is 0 Å². The van der Waals surface area contributed by atoms with Crippen molar-refractivity contribution >= 4 is 11.9 Å². The van der Waals surface area contributed by atoms with Crippen molar-refractivity contribution in [1.82, 2.24) is 0 Å². The van der Waals surface area contributed by atoms with Crippen molar-refractivity contribution < 1.29 is 0 Å². The fourth-order valence-corrected chi connectivity index (χ4v) is 2.70. The van der Waals surface area contributed by atoms with Crippen LogP contribution in [0.1, 0.15) is 38.8 Å². The number of rotatable bonds is 7. The molecule has 2 aromatic rings. The predicted molar refractivity (Wildman–Crippen MR) is 110 cm³/mol. The van der Waals surface area contributed by atoms with Crippen molar-refractivity contribution in [2.24, 2.45) is 11.0 Å². The number of para-hydroxylation sites is 1. The van der Waals surface area contributed by atoms with Crippen LogP contribution in [0.4, 0.5) is 5.69 Å². The minimum Gasteiger partial charge on any atom is -0.262 e. The van der Waals surface area contributed by atoms with Crippen LogP contribution < -0.4 is 5.01 Å². The molecule has 2 aromatic carbocycles. The van der Waals surface area contributed by atoms with E-state index in [1.54, 1.807) is 0 Å². The summed E-state index contributed by atoms with van der Waals surface area (Å²) in [5.74, 6) is 0.372. The van der Waals surface area contributed by atoms with Gasteiger partial charge in [0.2, 0.25) is 0 Å². The summed E-state index contributed by atoms with van der Waals surface area (Å²) in [5, 5.41) is 6.65. The molecule has 0 spiro atoms. The zero-order valence-electron chi connectivity index (χ0n) is 15.9. The van der Waals surface area contributed by atoms with Crippen LogP contribution in [0.3, 0.4) is 0 Å². The molecule has 0 saturated carbocycles. The minimum atomic E-state index is 0.201. The fraction of sp³-hybridized carbons (Fsp3) is 0.348. The van der Waals surface area contributed by atoms with Gasteiger partial charge in [-0.3, -0.25) is 5.01 Å². The number of hydrogen-bond acceptors (Lipinski definition) is 2. The lowest BCUT2D eigenvalue weighted by molar-refractivity contribution is 0.589. The zero-order valence-corrected chi connectivity index (χ0v) is 15.9. The highest BCUT2D eigenvalue weighted by Crippen LogP contribution is 2.23. The predicted octanol–water partition coefficient (Wildman–Crippen LogP) is 5.84. The molecule has 2 rings (SSSR count). The van der Waals surface area contributed by atoms with E-state index in [0.29, 0.717) is 12.5 Å². The molecule has 0 saturated heterocycles. The van der Waals surface area contributed by atoms with E-state index in [0.717, 1.165) is 12.1 Å². The molecule has 2 heteroatoms. The van der Waals surface area contributed by atoms with Gasteiger partial charge in [-0.25, -0.2) is 0 Å². The third kappa shape index (κ3) is 5.90. The van der Waals surface area contributed by atoms with E-state index >= 15 is 0 Å². The van der Waals surface area contributed by atoms with Crippen molar-refractivity contribution in [2.45, 2.75) is 39.5 Å². The lowest BCUT2D eigenvalue weighted by Crippen LogP contribution is -2.17. The van der Waals surface area contributed by atoms with Gasteiger partial charge in [-0.15, -0.1) is 6.58 Å². The standard InChI is InChI=1S/C23H30N2/c1-6-16-25(22-10-8-7-9-11-22)24-18-19(2)17-20-12-14-21(15-13-20)23(3,4)5/h6-15,18-19H,1,16-17H2,2-5H3/b24-18+. The summed E-state index contributed by atoms with van der Waals surface area (Å²) in [6.45, 7) is 13.5. The first-order valence-corrected chi connectivity index (χ1v) is 8.97. The Bertz CT molecular complexity index is 678. The number of benzene rings is 2. The molecule has 0 aliphatic carbocycles. The van der Waals surface area contributed by atoms with Gasteiger partial charge >= 0.3 is 0 Å². The first kappa shape index (κ1) is 19.0. The van der Waals surface area contributed by atoms with Crippen molar-refractivity contribution in [1.29, 1.82) is 0 Å². The summed E-state index contributed by atoms with van der Waals surface area (Å²) in [7, 11) is 0. The highest BCUT2D eigenvalue weighted by Gasteiger charge is 2.13. The number of anilines is 1. The molecular formula is C23H30N2.